The summed E-state index contributed by atoms with van der Waals surface area (Å²) in [5, 5.41) is 11.6. The molecule has 0 fully saturated rings. The highest BCUT2D eigenvalue weighted by atomic mass is 16.3. The van der Waals surface area contributed by atoms with Gasteiger partial charge in [-0.1, -0.05) is 29.3 Å². The van der Waals surface area contributed by atoms with Gasteiger partial charge in [-0.05, 0) is 31.5 Å². The number of hydrogen-bond acceptors (Lipinski definition) is 5. The zero-order valence-electron chi connectivity index (χ0n) is 17.0. The maximum absolute atomic E-state index is 12.0. The summed E-state index contributed by atoms with van der Waals surface area (Å²) in [6.07, 6.45) is 3.03. The van der Waals surface area contributed by atoms with Gasteiger partial charge in [0.2, 0.25) is 0 Å². The maximum Gasteiger partial charge on any atom is 0.286 e. The average Bonchev–Trinajstić information content (AvgIpc) is 3.29. The summed E-state index contributed by atoms with van der Waals surface area (Å²) in [7, 11) is 0. The van der Waals surface area contributed by atoms with E-state index in [0.717, 1.165) is 44.2 Å². The van der Waals surface area contributed by atoms with Gasteiger partial charge in [0.15, 0.2) is 5.76 Å². The minimum absolute atomic E-state index is 0.203. The van der Waals surface area contributed by atoms with Crippen molar-refractivity contribution >= 4 is 5.91 Å². The van der Waals surface area contributed by atoms with Crippen LogP contribution in [0.25, 0.3) is 0 Å². The van der Waals surface area contributed by atoms with Crippen LogP contribution in [0.1, 0.15) is 38.9 Å². The van der Waals surface area contributed by atoms with E-state index in [9.17, 15) is 4.79 Å². The van der Waals surface area contributed by atoms with Crippen LogP contribution in [0.15, 0.2) is 41.0 Å². The third-order valence-corrected chi connectivity index (χ3v) is 5.26. The van der Waals surface area contributed by atoms with Crippen molar-refractivity contribution in [3.05, 3.63) is 70.7 Å². The van der Waals surface area contributed by atoms with E-state index < -0.39 is 0 Å². The Morgan fingerprint density at radius 2 is 1.97 bits per heavy atom. The van der Waals surface area contributed by atoms with Crippen LogP contribution in [0.4, 0.5) is 0 Å². The molecule has 1 aliphatic heterocycles. The number of carbonyl (C=O) groups excluding carboxylic acids is 1. The Hall–Kier alpha value is -2.93. The molecule has 1 amide bonds. The van der Waals surface area contributed by atoms with Gasteiger partial charge in [-0.2, -0.15) is 0 Å². The lowest BCUT2D eigenvalue weighted by Gasteiger charge is -2.20. The van der Waals surface area contributed by atoms with Crippen molar-refractivity contribution in [3.63, 3.8) is 0 Å². The molecule has 1 aliphatic rings. The highest BCUT2D eigenvalue weighted by Crippen LogP contribution is 2.15. The van der Waals surface area contributed by atoms with Crippen LogP contribution in [0.3, 0.4) is 0 Å². The first kappa shape index (κ1) is 19.4. The normalized spacial score (nSPS) is 14.4. The van der Waals surface area contributed by atoms with Gasteiger partial charge in [0.05, 0.1) is 6.26 Å². The molecule has 0 aliphatic carbocycles. The monoisotopic (exact) mass is 393 g/mol. The largest absolute Gasteiger partial charge is 0.459 e. The number of hydrogen-bond donors (Lipinski definition) is 1. The molecule has 0 saturated heterocycles. The summed E-state index contributed by atoms with van der Waals surface area (Å²) < 4.78 is 7.32. The standard InChI is InChI=1S/C22H27N5O2/c1-16-12-17(2)14-18(13-16)15-26-8-6-21-25-24-20(27(21)10-9-26)5-7-23-22(28)19-4-3-11-29-19/h3-4,11-14H,5-10,15H2,1-2H3,(H,23,28). The average molecular weight is 393 g/mol. The molecular formula is C22H27N5O2. The van der Waals surface area contributed by atoms with E-state index in [4.69, 9.17) is 4.42 Å². The van der Waals surface area contributed by atoms with Gasteiger partial charge in [0.1, 0.15) is 11.6 Å². The topological polar surface area (TPSA) is 76.2 Å². The van der Waals surface area contributed by atoms with Gasteiger partial charge in [-0.25, -0.2) is 0 Å². The van der Waals surface area contributed by atoms with Crippen molar-refractivity contribution in [3.8, 4) is 0 Å². The van der Waals surface area contributed by atoms with Crippen LogP contribution >= 0.6 is 0 Å². The molecule has 1 N–H and O–H groups in total. The minimum Gasteiger partial charge on any atom is -0.459 e. The van der Waals surface area contributed by atoms with Crippen LogP contribution in [-0.2, 0) is 25.9 Å². The number of aromatic nitrogens is 3. The van der Waals surface area contributed by atoms with E-state index in [2.05, 4.69) is 57.0 Å². The molecule has 0 saturated carbocycles. The Kier molecular flexibility index (Phi) is 5.76. The van der Waals surface area contributed by atoms with Crippen molar-refractivity contribution in [1.29, 1.82) is 0 Å². The quantitative estimate of drug-likeness (QED) is 0.696. The van der Waals surface area contributed by atoms with Crippen molar-refractivity contribution in [2.75, 3.05) is 19.6 Å². The van der Waals surface area contributed by atoms with E-state index >= 15 is 0 Å². The first-order valence-electron chi connectivity index (χ1n) is 10.1. The Balaban J connectivity index is 1.33. The number of rotatable bonds is 6. The van der Waals surface area contributed by atoms with Gasteiger partial charge in [-0.3, -0.25) is 9.69 Å². The zero-order chi connectivity index (χ0) is 20.2. The first-order chi connectivity index (χ1) is 14.1. The third kappa shape index (κ3) is 4.74. The molecule has 29 heavy (non-hydrogen) atoms. The fourth-order valence-corrected chi connectivity index (χ4v) is 3.97. The molecule has 0 unspecified atom stereocenters. The van der Waals surface area contributed by atoms with E-state index in [0.29, 0.717) is 18.7 Å². The summed E-state index contributed by atoms with van der Waals surface area (Å²) >= 11 is 0. The number of nitrogens with zero attached hydrogens (tertiary/aromatic N) is 4. The molecule has 0 spiro atoms. The van der Waals surface area contributed by atoms with Crippen LogP contribution in [-0.4, -0.2) is 45.2 Å². The summed E-state index contributed by atoms with van der Waals surface area (Å²) in [6.45, 7) is 8.56. The Morgan fingerprint density at radius 3 is 2.72 bits per heavy atom. The van der Waals surface area contributed by atoms with Crippen LogP contribution in [0.2, 0.25) is 0 Å². The van der Waals surface area contributed by atoms with Gasteiger partial charge in [-0.15, -0.1) is 10.2 Å². The molecule has 152 valence electrons. The molecular weight excluding hydrogens is 366 g/mol. The van der Waals surface area contributed by atoms with Crippen molar-refractivity contribution < 1.29 is 9.21 Å². The van der Waals surface area contributed by atoms with Crippen molar-refractivity contribution in [2.24, 2.45) is 0 Å². The molecule has 1 aromatic carbocycles. The Bertz CT molecular complexity index is 957. The fraction of sp³-hybridized carbons (Fsp3) is 0.409. The SMILES string of the molecule is Cc1cc(C)cc(CN2CCc3nnc(CCNC(=O)c4ccco4)n3CC2)c1. The summed E-state index contributed by atoms with van der Waals surface area (Å²) in [5.41, 5.74) is 3.98. The summed E-state index contributed by atoms with van der Waals surface area (Å²) in [4.78, 5) is 14.5. The predicted octanol–water partition coefficient (Wildman–Crippen LogP) is 2.52. The highest BCUT2D eigenvalue weighted by Gasteiger charge is 2.19. The molecule has 7 nitrogen and oxygen atoms in total. The first-order valence-corrected chi connectivity index (χ1v) is 10.1. The molecule has 3 aromatic rings. The minimum atomic E-state index is -0.203. The van der Waals surface area contributed by atoms with Crippen LogP contribution in [0.5, 0.6) is 0 Å². The molecule has 0 atom stereocenters. The fourth-order valence-electron chi connectivity index (χ4n) is 3.97. The van der Waals surface area contributed by atoms with E-state index in [1.54, 1.807) is 12.1 Å². The molecule has 0 bridgehead atoms. The molecule has 3 heterocycles. The number of nitrogens with one attached hydrogen (secondary N) is 1. The smallest absolute Gasteiger partial charge is 0.286 e. The summed E-state index contributed by atoms with van der Waals surface area (Å²) in [5.74, 6) is 2.07. The third-order valence-electron chi connectivity index (χ3n) is 5.26. The number of amides is 1. The van der Waals surface area contributed by atoms with Gasteiger partial charge in [0.25, 0.3) is 5.91 Å². The van der Waals surface area contributed by atoms with Gasteiger partial charge >= 0.3 is 0 Å². The number of carbonyl (C=O) groups is 1. The maximum atomic E-state index is 12.0. The van der Waals surface area contributed by atoms with Crippen molar-refractivity contribution in [1.82, 2.24) is 25.0 Å². The van der Waals surface area contributed by atoms with Gasteiger partial charge in [0, 0.05) is 45.6 Å². The lowest BCUT2D eigenvalue weighted by Crippen LogP contribution is -2.28. The second-order valence-corrected chi connectivity index (χ2v) is 7.69. The molecule has 7 heteroatoms. The van der Waals surface area contributed by atoms with Crippen molar-refractivity contribution in [2.45, 2.75) is 39.8 Å². The van der Waals surface area contributed by atoms with Gasteiger partial charge < -0.3 is 14.3 Å². The Morgan fingerprint density at radius 1 is 1.14 bits per heavy atom. The number of fused-ring (bicyclic) bond motifs is 1. The molecule has 4 rings (SSSR count). The molecule has 2 aromatic heterocycles. The second kappa shape index (κ2) is 8.61. The van der Waals surface area contributed by atoms with E-state index in [1.807, 2.05) is 0 Å². The van der Waals surface area contributed by atoms with E-state index in [1.165, 1.54) is 23.0 Å². The second-order valence-electron chi connectivity index (χ2n) is 7.69. The highest BCUT2D eigenvalue weighted by molar-refractivity contribution is 5.91. The number of benzene rings is 1. The lowest BCUT2D eigenvalue weighted by molar-refractivity contribution is 0.0926. The van der Waals surface area contributed by atoms with Crippen LogP contribution < -0.4 is 5.32 Å². The molecule has 0 radical (unpaired) electrons. The number of aryl methyl sites for hydroxylation is 2. The zero-order valence-corrected chi connectivity index (χ0v) is 17.0. The van der Waals surface area contributed by atoms with Crippen LogP contribution in [0, 0.1) is 13.8 Å². The van der Waals surface area contributed by atoms with E-state index in [-0.39, 0.29) is 5.91 Å². The lowest BCUT2D eigenvalue weighted by atomic mass is 10.1. The Labute approximate surface area is 170 Å². The summed E-state index contributed by atoms with van der Waals surface area (Å²) in [6, 6.07) is 10.1. The number of furan rings is 1. The predicted molar refractivity (Wildman–Crippen MR) is 110 cm³/mol.